The maximum Gasteiger partial charge on any atom is 0.264 e. The first-order valence-electron chi connectivity index (χ1n) is 25.5. The minimum absolute atomic E-state index is 0.0112. The smallest absolute Gasteiger partial charge is 0.264 e. The van der Waals surface area contributed by atoms with Crippen LogP contribution in [0, 0.1) is 28.1 Å². The van der Waals surface area contributed by atoms with Crippen molar-refractivity contribution in [1.29, 1.82) is 5.26 Å². The standard InChI is InChI=1S/C54H65ClF2N12O4/c1-32(70)66-20-15-44-42(30-66)48(68-16-8-9-33-21-40(37-27-61-64(6)28-37)41(47(56)57)23-45(33)68)63-69(44)38-13-17-65(18-14-38)29-35-12-19-67(31-46(35)72-7)52-59-25-36(26-60-52)49(71)62-50-53(2,3)51(54(50,4)5)73-39-11-10-34(24-58)43(55)22-39/h10-11,21-23,25-28,35,38,46-47,50-51H,8-9,12-20,29-31H2,1-7H3,(H,62,71)/t35-,46-,50?,51?/m1/s1. The van der Waals surface area contributed by atoms with Crippen molar-refractivity contribution < 1.29 is 27.8 Å². The Kier molecular flexibility index (Phi) is 13.8. The van der Waals surface area contributed by atoms with Gasteiger partial charge in [0.1, 0.15) is 17.9 Å². The molecule has 0 spiro atoms. The summed E-state index contributed by atoms with van der Waals surface area (Å²) in [5, 5.41) is 22.5. The van der Waals surface area contributed by atoms with Crippen LogP contribution in [0.15, 0.2) is 55.1 Å². The minimum atomic E-state index is -2.67. The Labute approximate surface area is 430 Å². The van der Waals surface area contributed by atoms with E-state index in [1.807, 2.05) is 11.0 Å². The molecule has 1 saturated carbocycles. The lowest BCUT2D eigenvalue weighted by molar-refractivity contribution is -0.164. The number of methoxy groups -OCH3 is 1. The zero-order chi connectivity index (χ0) is 51.5. The molecular formula is C54H65ClF2N12O4. The second kappa shape index (κ2) is 19.9. The summed E-state index contributed by atoms with van der Waals surface area (Å²) in [6.45, 7) is 15.6. The maximum absolute atomic E-state index is 14.8. The van der Waals surface area contributed by atoms with Gasteiger partial charge in [0.15, 0.2) is 5.82 Å². The number of carbonyl (C=O) groups is 2. The molecule has 7 heterocycles. The molecule has 5 aromatic rings. The number of piperidine rings is 2. The van der Waals surface area contributed by atoms with Crippen LogP contribution in [-0.2, 0) is 36.0 Å². The summed E-state index contributed by atoms with van der Waals surface area (Å²) in [4.78, 5) is 44.4. The quantitative estimate of drug-likeness (QED) is 0.127. The van der Waals surface area contributed by atoms with Gasteiger partial charge in [0.05, 0.1) is 41.0 Å². The van der Waals surface area contributed by atoms with E-state index in [0.29, 0.717) is 77.5 Å². The highest BCUT2D eigenvalue weighted by Crippen LogP contribution is 2.56. The van der Waals surface area contributed by atoms with Gasteiger partial charge >= 0.3 is 0 Å². The van der Waals surface area contributed by atoms with Crippen LogP contribution in [0.3, 0.4) is 0 Å². The third-order valence-electron chi connectivity index (χ3n) is 16.4. The molecule has 0 bridgehead atoms. The van der Waals surface area contributed by atoms with Gasteiger partial charge in [-0.2, -0.15) is 15.5 Å². The third kappa shape index (κ3) is 9.53. The molecule has 19 heteroatoms. The van der Waals surface area contributed by atoms with E-state index in [0.717, 1.165) is 86.6 Å². The van der Waals surface area contributed by atoms with Crippen LogP contribution in [0.1, 0.15) is 111 Å². The highest BCUT2D eigenvalue weighted by Gasteiger charge is 2.64. The molecule has 3 aromatic heterocycles. The number of ether oxygens (including phenoxy) is 2. The minimum Gasteiger partial charge on any atom is -0.489 e. The fourth-order valence-corrected chi connectivity index (χ4v) is 13.0. The van der Waals surface area contributed by atoms with E-state index in [2.05, 4.69) is 73.5 Å². The Morgan fingerprint density at radius 1 is 0.986 bits per heavy atom. The van der Waals surface area contributed by atoms with Crippen molar-refractivity contribution >= 4 is 40.9 Å². The third-order valence-corrected chi connectivity index (χ3v) is 16.7. The number of aryl methyl sites for hydroxylation is 2. The van der Waals surface area contributed by atoms with E-state index in [1.165, 1.54) is 0 Å². The van der Waals surface area contributed by atoms with Crippen molar-refractivity contribution in [3.63, 3.8) is 0 Å². The van der Waals surface area contributed by atoms with Crippen LogP contribution in [0.25, 0.3) is 11.1 Å². The van der Waals surface area contributed by atoms with Gasteiger partial charge in [-0.25, -0.2) is 18.7 Å². The fraction of sp³-hybridized carbons (Fsp3) is 0.537. The van der Waals surface area contributed by atoms with Crippen molar-refractivity contribution in [3.8, 4) is 22.9 Å². The summed E-state index contributed by atoms with van der Waals surface area (Å²) >= 11 is 6.28. The van der Waals surface area contributed by atoms with Crippen LogP contribution in [-0.4, -0.2) is 122 Å². The number of alkyl halides is 2. The predicted octanol–water partition coefficient (Wildman–Crippen LogP) is 8.32. The van der Waals surface area contributed by atoms with Crippen LogP contribution in [0.4, 0.5) is 26.2 Å². The normalized spacial score (nSPS) is 22.8. The number of halogens is 3. The van der Waals surface area contributed by atoms with Crippen molar-refractivity contribution in [2.45, 2.75) is 110 Å². The molecule has 73 heavy (non-hydrogen) atoms. The topological polar surface area (TPSA) is 163 Å². The number of fused-ring (bicyclic) bond motifs is 2. The number of hydrogen-bond donors (Lipinski definition) is 1. The first-order chi connectivity index (χ1) is 34.9. The van der Waals surface area contributed by atoms with Crippen molar-refractivity contribution in [3.05, 3.63) is 93.7 Å². The van der Waals surface area contributed by atoms with E-state index in [1.54, 1.807) is 74.8 Å². The molecule has 1 N–H and O–H groups in total. The number of aromatic nitrogens is 6. The lowest BCUT2D eigenvalue weighted by atomic mass is 9.49. The number of anilines is 3. The summed E-state index contributed by atoms with van der Waals surface area (Å²) in [5.41, 5.74) is 5.00. The summed E-state index contributed by atoms with van der Waals surface area (Å²) in [7, 11) is 3.55. The highest BCUT2D eigenvalue weighted by molar-refractivity contribution is 6.31. The van der Waals surface area contributed by atoms with Gasteiger partial charge in [0, 0.05) is 149 Å². The Morgan fingerprint density at radius 3 is 2.40 bits per heavy atom. The molecule has 16 nitrogen and oxygen atoms in total. The van der Waals surface area contributed by atoms with Crippen molar-refractivity contribution in [2.24, 2.45) is 23.8 Å². The monoisotopic (exact) mass is 1020 g/mol. The molecule has 0 unspecified atom stereocenters. The molecule has 10 rings (SSSR count). The average Bonchev–Trinajstić information content (AvgIpc) is 4.00. The molecule has 3 fully saturated rings. The van der Waals surface area contributed by atoms with Gasteiger partial charge in [0.25, 0.3) is 12.3 Å². The zero-order valence-corrected chi connectivity index (χ0v) is 43.5. The van der Waals surface area contributed by atoms with Gasteiger partial charge in [0.2, 0.25) is 11.9 Å². The van der Waals surface area contributed by atoms with Crippen molar-refractivity contribution in [2.75, 3.05) is 62.7 Å². The zero-order valence-electron chi connectivity index (χ0n) is 42.7. The Hall–Kier alpha value is -6.16. The SMILES string of the molecule is CO[C@@H]1CN(c2ncc(C(=O)NC3C(C)(C)C(Oc4ccc(C#N)c(Cl)c4)C3(C)C)cn2)CC[C@@H]1CN1CCC(n2nc(N3CCCc4cc(-c5cnn(C)c5)c(C(F)F)cc43)c3c2CCN(C(C)=O)C3)CC1. The van der Waals surface area contributed by atoms with Crippen LogP contribution in [0.2, 0.25) is 5.02 Å². The van der Waals surface area contributed by atoms with E-state index < -0.39 is 17.3 Å². The highest BCUT2D eigenvalue weighted by atomic mass is 35.5. The molecule has 1 aliphatic carbocycles. The number of nitrogens with one attached hydrogen (secondary N) is 1. The lowest BCUT2D eigenvalue weighted by Crippen LogP contribution is -2.74. The molecule has 4 aliphatic heterocycles. The molecule has 2 saturated heterocycles. The van der Waals surface area contributed by atoms with E-state index in [4.69, 9.17) is 26.2 Å². The molecular weight excluding hydrogens is 954 g/mol. The van der Waals surface area contributed by atoms with Gasteiger partial charge < -0.3 is 34.4 Å². The van der Waals surface area contributed by atoms with E-state index in [-0.39, 0.29) is 41.7 Å². The van der Waals surface area contributed by atoms with Crippen LogP contribution in [0.5, 0.6) is 5.75 Å². The Bertz CT molecular complexity index is 2910. The molecule has 2 amide bonds. The Balaban J connectivity index is 0.767. The van der Waals surface area contributed by atoms with E-state index >= 15 is 0 Å². The number of nitrogens with zero attached hydrogens (tertiary/aromatic N) is 11. The number of benzene rings is 2. The average molecular weight is 1020 g/mol. The molecule has 5 aliphatic rings. The summed E-state index contributed by atoms with van der Waals surface area (Å²) < 4.78 is 46.0. The number of amides is 2. The summed E-state index contributed by atoms with van der Waals surface area (Å²) in [6, 6.07) is 10.7. The number of carbonyl (C=O) groups excluding carboxylic acids is 2. The second-order valence-corrected chi connectivity index (χ2v) is 22.2. The molecule has 2 aromatic carbocycles. The largest absolute Gasteiger partial charge is 0.489 e. The lowest BCUT2D eigenvalue weighted by Gasteiger charge is -2.63. The number of nitriles is 1. The first-order valence-corrected chi connectivity index (χ1v) is 25.9. The van der Waals surface area contributed by atoms with Crippen LogP contribution >= 0.6 is 11.6 Å². The number of likely N-dealkylation sites (tertiary alicyclic amines) is 1. The summed E-state index contributed by atoms with van der Waals surface area (Å²) in [6.07, 6.45) is 8.67. The van der Waals surface area contributed by atoms with Gasteiger partial charge in [-0.3, -0.25) is 19.0 Å². The fourth-order valence-electron chi connectivity index (χ4n) is 12.8. The van der Waals surface area contributed by atoms with E-state index in [9.17, 15) is 23.6 Å². The molecule has 386 valence electrons. The maximum atomic E-state index is 14.8. The van der Waals surface area contributed by atoms with Crippen molar-refractivity contribution in [1.82, 2.24) is 44.6 Å². The number of rotatable bonds is 12. The second-order valence-electron chi connectivity index (χ2n) is 21.8. The van der Waals surface area contributed by atoms with Gasteiger partial charge in [-0.15, -0.1) is 0 Å². The molecule has 2 atom stereocenters. The van der Waals surface area contributed by atoms with Crippen LogP contribution < -0.4 is 19.9 Å². The van der Waals surface area contributed by atoms with Gasteiger partial charge in [-0.05, 0) is 67.5 Å². The predicted molar refractivity (Wildman–Crippen MR) is 273 cm³/mol. The summed E-state index contributed by atoms with van der Waals surface area (Å²) in [5.74, 6) is 1.96. The van der Waals surface area contributed by atoms with Gasteiger partial charge in [-0.1, -0.05) is 39.3 Å². The Morgan fingerprint density at radius 2 is 1.74 bits per heavy atom. The molecule has 0 radical (unpaired) electrons. The number of hydrogen-bond acceptors (Lipinski definition) is 12. The first kappa shape index (κ1) is 50.4.